The van der Waals surface area contributed by atoms with Gasteiger partial charge in [0.2, 0.25) is 5.91 Å². The van der Waals surface area contributed by atoms with E-state index in [0.717, 1.165) is 0 Å². The van der Waals surface area contributed by atoms with Gasteiger partial charge in [-0.1, -0.05) is 16.7 Å². The van der Waals surface area contributed by atoms with E-state index in [4.69, 9.17) is 28.1 Å². The Bertz CT molecular complexity index is 473. The largest absolute Gasteiger partial charge is 0.451 e. The normalized spacial score (nSPS) is 20.8. The summed E-state index contributed by atoms with van der Waals surface area (Å²) in [5.74, 6) is -3.39. The average molecular weight is 242 g/mol. The summed E-state index contributed by atoms with van der Waals surface area (Å²) in [6.07, 6.45) is -1.31. The van der Waals surface area contributed by atoms with Crippen molar-refractivity contribution in [1.82, 2.24) is 0 Å². The lowest BCUT2D eigenvalue weighted by Gasteiger charge is -2.12. The number of primary amides is 1. The average Bonchev–Trinajstić information content (AvgIpc) is 2.47. The molecule has 0 aliphatic carbocycles. The van der Waals surface area contributed by atoms with Crippen molar-refractivity contribution >= 4 is 23.5 Å². The number of amides is 1. The first-order chi connectivity index (χ1) is 7.52. The van der Waals surface area contributed by atoms with E-state index < -0.39 is 29.6 Å². The van der Waals surface area contributed by atoms with Gasteiger partial charge in [0.15, 0.2) is 12.0 Å². The second-order valence-corrected chi connectivity index (χ2v) is 3.13. The molecule has 8 nitrogen and oxygen atoms in total. The van der Waals surface area contributed by atoms with Crippen LogP contribution in [-0.4, -0.2) is 18.0 Å². The third-order valence-electron chi connectivity index (χ3n) is 1.80. The SMILES string of the molecule is N#CC(C(N)=O)C1OC(=O)C(N=[N+]=[N-])=C1Cl. The van der Waals surface area contributed by atoms with Gasteiger partial charge in [-0.2, -0.15) is 5.26 Å². The number of rotatable bonds is 3. The third-order valence-corrected chi connectivity index (χ3v) is 2.19. The third kappa shape index (κ3) is 1.91. The van der Waals surface area contributed by atoms with Crippen LogP contribution in [0.15, 0.2) is 15.8 Å². The Kier molecular flexibility index (Phi) is 3.35. The predicted molar refractivity (Wildman–Crippen MR) is 50.2 cm³/mol. The number of hydrogen-bond acceptors (Lipinski definition) is 5. The number of hydrogen-bond donors (Lipinski definition) is 1. The number of nitriles is 1. The molecule has 2 N–H and O–H groups in total. The zero-order valence-electron chi connectivity index (χ0n) is 7.62. The van der Waals surface area contributed by atoms with Crippen LogP contribution in [0, 0.1) is 17.2 Å². The first-order valence-corrected chi connectivity index (χ1v) is 4.25. The number of azide groups is 1. The van der Waals surface area contributed by atoms with E-state index in [1.807, 2.05) is 0 Å². The molecule has 1 rings (SSSR count). The predicted octanol–water partition coefficient (Wildman–Crippen LogP) is 0.298. The van der Waals surface area contributed by atoms with Crippen LogP contribution in [0.5, 0.6) is 0 Å². The molecule has 0 radical (unpaired) electrons. The van der Waals surface area contributed by atoms with Gasteiger partial charge in [-0.15, -0.1) is 0 Å². The summed E-state index contributed by atoms with van der Waals surface area (Å²) in [4.78, 5) is 24.4. The lowest BCUT2D eigenvalue weighted by Crippen LogP contribution is -2.33. The molecule has 1 aliphatic rings. The van der Waals surface area contributed by atoms with Crippen LogP contribution in [0.25, 0.3) is 10.4 Å². The van der Waals surface area contributed by atoms with Crippen LogP contribution in [0.3, 0.4) is 0 Å². The van der Waals surface area contributed by atoms with Gasteiger partial charge in [0, 0.05) is 4.91 Å². The smallest absolute Gasteiger partial charge is 0.342 e. The number of carbonyl (C=O) groups excluding carboxylic acids is 2. The molecular weight excluding hydrogens is 238 g/mol. The van der Waals surface area contributed by atoms with Crippen LogP contribution in [-0.2, 0) is 14.3 Å². The highest BCUT2D eigenvalue weighted by Crippen LogP contribution is 2.31. The first kappa shape index (κ1) is 11.8. The first-order valence-electron chi connectivity index (χ1n) is 3.87. The highest BCUT2D eigenvalue weighted by molar-refractivity contribution is 6.33. The zero-order chi connectivity index (χ0) is 12.3. The Hall–Kier alpha value is -2.23. The van der Waals surface area contributed by atoms with Crippen molar-refractivity contribution in [1.29, 1.82) is 5.26 Å². The minimum Gasteiger partial charge on any atom is -0.451 e. The van der Waals surface area contributed by atoms with Crippen molar-refractivity contribution in [2.75, 3.05) is 0 Å². The molecule has 0 fully saturated rings. The van der Waals surface area contributed by atoms with Gasteiger partial charge in [0.1, 0.15) is 5.70 Å². The summed E-state index contributed by atoms with van der Waals surface area (Å²) < 4.78 is 4.62. The van der Waals surface area contributed by atoms with Crippen LogP contribution < -0.4 is 5.73 Å². The monoisotopic (exact) mass is 241 g/mol. The van der Waals surface area contributed by atoms with E-state index in [1.165, 1.54) is 0 Å². The second-order valence-electron chi connectivity index (χ2n) is 2.72. The van der Waals surface area contributed by atoms with Crippen LogP contribution in [0.1, 0.15) is 0 Å². The highest BCUT2D eigenvalue weighted by atomic mass is 35.5. The van der Waals surface area contributed by atoms with Crippen molar-refractivity contribution < 1.29 is 14.3 Å². The summed E-state index contributed by atoms with van der Waals surface area (Å²) in [5.41, 5.74) is 12.6. The number of carbonyl (C=O) groups is 2. The number of ether oxygens (including phenoxy) is 1. The maximum Gasteiger partial charge on any atom is 0.342 e. The van der Waals surface area contributed by atoms with Crippen molar-refractivity contribution in [3.05, 3.63) is 21.2 Å². The van der Waals surface area contributed by atoms with Gasteiger partial charge in [-0.3, -0.25) is 4.79 Å². The van der Waals surface area contributed by atoms with Crippen molar-refractivity contribution in [3.8, 4) is 6.07 Å². The van der Waals surface area contributed by atoms with Crippen molar-refractivity contribution in [3.63, 3.8) is 0 Å². The molecule has 16 heavy (non-hydrogen) atoms. The molecule has 0 saturated carbocycles. The van der Waals surface area contributed by atoms with Crippen molar-refractivity contribution in [2.24, 2.45) is 16.8 Å². The lowest BCUT2D eigenvalue weighted by atomic mass is 10.0. The Balaban J connectivity index is 3.13. The van der Waals surface area contributed by atoms with Gasteiger partial charge in [-0.25, -0.2) is 4.79 Å². The fourth-order valence-corrected chi connectivity index (χ4v) is 1.37. The topological polar surface area (TPSA) is 142 Å². The Morgan fingerprint density at radius 2 is 2.44 bits per heavy atom. The molecule has 2 atom stereocenters. The molecule has 82 valence electrons. The molecule has 0 aromatic heterocycles. The summed E-state index contributed by atoms with van der Waals surface area (Å²) >= 11 is 5.65. The number of nitrogens with zero attached hydrogens (tertiary/aromatic N) is 4. The van der Waals surface area contributed by atoms with E-state index in [9.17, 15) is 9.59 Å². The van der Waals surface area contributed by atoms with E-state index >= 15 is 0 Å². The fourth-order valence-electron chi connectivity index (χ4n) is 1.08. The molecule has 0 saturated heterocycles. The number of halogens is 1. The van der Waals surface area contributed by atoms with Gasteiger partial charge >= 0.3 is 5.97 Å². The standard InChI is InChI=1S/C7H4ClN5O3/c8-3-4(12-13-11)7(15)16-5(3)2(1-9)6(10)14/h2,5H,(H2,10,14). The summed E-state index contributed by atoms with van der Waals surface area (Å²) in [6, 6.07) is 1.55. The summed E-state index contributed by atoms with van der Waals surface area (Å²) in [6.45, 7) is 0. The molecular formula is C7H4ClN5O3. The molecule has 2 unspecified atom stereocenters. The minimum atomic E-state index is -1.41. The number of cyclic esters (lactones) is 1. The Labute approximate surface area is 93.8 Å². The van der Waals surface area contributed by atoms with E-state index in [1.54, 1.807) is 6.07 Å². The quantitative estimate of drug-likeness (QED) is 0.328. The number of nitrogens with two attached hydrogens (primary N) is 1. The molecule has 1 amide bonds. The summed E-state index contributed by atoms with van der Waals surface area (Å²) in [7, 11) is 0. The maximum absolute atomic E-state index is 11.1. The zero-order valence-corrected chi connectivity index (χ0v) is 8.38. The molecule has 1 aliphatic heterocycles. The van der Waals surface area contributed by atoms with Gasteiger partial charge in [-0.05, 0) is 5.53 Å². The lowest BCUT2D eigenvalue weighted by molar-refractivity contribution is -0.142. The van der Waals surface area contributed by atoms with E-state index in [0.29, 0.717) is 0 Å². The van der Waals surface area contributed by atoms with Gasteiger partial charge in [0.25, 0.3) is 0 Å². The van der Waals surface area contributed by atoms with Crippen LogP contribution in [0.4, 0.5) is 0 Å². The van der Waals surface area contributed by atoms with Crippen LogP contribution in [0.2, 0.25) is 0 Å². The Morgan fingerprint density at radius 3 is 2.88 bits per heavy atom. The molecule has 0 bridgehead atoms. The van der Waals surface area contributed by atoms with Crippen LogP contribution >= 0.6 is 11.6 Å². The number of esters is 1. The van der Waals surface area contributed by atoms with Gasteiger partial charge < -0.3 is 10.5 Å². The summed E-state index contributed by atoms with van der Waals surface area (Å²) in [5, 5.41) is 11.4. The Morgan fingerprint density at radius 1 is 1.81 bits per heavy atom. The molecule has 1 heterocycles. The molecule has 0 aromatic rings. The van der Waals surface area contributed by atoms with E-state index in [2.05, 4.69) is 14.8 Å². The van der Waals surface area contributed by atoms with Crippen molar-refractivity contribution in [2.45, 2.75) is 6.10 Å². The molecule has 9 heteroatoms. The van der Waals surface area contributed by atoms with E-state index in [-0.39, 0.29) is 5.03 Å². The molecule has 0 spiro atoms. The minimum absolute atomic E-state index is 0.298. The maximum atomic E-state index is 11.1. The fraction of sp³-hybridized carbons (Fsp3) is 0.286. The second kappa shape index (κ2) is 4.53. The molecule has 0 aromatic carbocycles. The van der Waals surface area contributed by atoms with Gasteiger partial charge in [0.05, 0.1) is 11.1 Å². The highest BCUT2D eigenvalue weighted by Gasteiger charge is 2.40.